The van der Waals surface area contributed by atoms with Gasteiger partial charge in [0.25, 0.3) is 5.56 Å². The molecule has 5 heteroatoms. The number of aromatic amines is 1. The number of carbonyl (C=O) groups is 1. The van der Waals surface area contributed by atoms with E-state index in [4.69, 9.17) is 5.11 Å². The first-order valence-corrected chi connectivity index (χ1v) is 6.93. The molecular weight excluding hydrogens is 273 g/mol. The first-order chi connectivity index (χ1) is 9.84. The fourth-order valence-electron chi connectivity index (χ4n) is 2.50. The van der Waals surface area contributed by atoms with Crippen molar-refractivity contribution in [3.63, 3.8) is 0 Å². The van der Waals surface area contributed by atoms with Crippen molar-refractivity contribution in [2.75, 3.05) is 0 Å². The zero-order chi connectivity index (χ0) is 15.8. The number of hydrogen-bond acceptors (Lipinski definition) is 2. The van der Waals surface area contributed by atoms with Gasteiger partial charge in [-0.3, -0.25) is 4.79 Å². The van der Waals surface area contributed by atoms with Crippen LogP contribution in [0.25, 0.3) is 10.9 Å². The van der Waals surface area contributed by atoms with Gasteiger partial charge in [-0.15, -0.1) is 0 Å². The van der Waals surface area contributed by atoms with Crippen molar-refractivity contribution in [1.82, 2.24) is 4.98 Å². The highest BCUT2D eigenvalue weighted by atomic mass is 19.1. The Hall–Kier alpha value is -2.17. The highest BCUT2D eigenvalue weighted by Crippen LogP contribution is 2.34. The predicted octanol–water partition coefficient (Wildman–Crippen LogP) is 3.44. The molecule has 0 fully saturated rings. The highest BCUT2D eigenvalue weighted by Gasteiger charge is 2.27. The smallest absolute Gasteiger partial charge is 0.341 e. The van der Waals surface area contributed by atoms with Gasteiger partial charge in [-0.1, -0.05) is 32.9 Å². The molecule has 0 aliphatic rings. The third-order valence-electron chi connectivity index (χ3n) is 4.40. The van der Waals surface area contributed by atoms with Gasteiger partial charge in [0.15, 0.2) is 5.82 Å². The molecule has 0 aliphatic heterocycles. The maximum absolute atomic E-state index is 14.7. The van der Waals surface area contributed by atoms with Crippen molar-refractivity contribution in [2.24, 2.45) is 0 Å². The molecule has 2 N–H and O–H groups in total. The van der Waals surface area contributed by atoms with Crippen molar-refractivity contribution in [2.45, 2.75) is 39.0 Å². The number of carboxylic acid groups (broad SMARTS) is 1. The summed E-state index contributed by atoms with van der Waals surface area (Å²) in [5.74, 6) is -1.80. The molecule has 1 aromatic heterocycles. The van der Waals surface area contributed by atoms with E-state index in [1.807, 2.05) is 20.8 Å². The molecule has 2 aromatic rings. The van der Waals surface area contributed by atoms with Crippen LogP contribution < -0.4 is 5.56 Å². The zero-order valence-corrected chi connectivity index (χ0v) is 12.3. The van der Waals surface area contributed by atoms with Gasteiger partial charge in [-0.25, -0.2) is 9.18 Å². The second-order valence-corrected chi connectivity index (χ2v) is 5.48. The lowest BCUT2D eigenvalue weighted by Crippen LogP contribution is -2.23. The van der Waals surface area contributed by atoms with E-state index in [0.717, 1.165) is 12.8 Å². The number of benzene rings is 1. The van der Waals surface area contributed by atoms with E-state index in [1.54, 1.807) is 12.1 Å². The molecule has 0 spiro atoms. The lowest BCUT2D eigenvalue weighted by atomic mass is 9.77. The monoisotopic (exact) mass is 291 g/mol. The topological polar surface area (TPSA) is 70.2 Å². The van der Waals surface area contributed by atoms with Crippen LogP contribution in [0, 0.1) is 5.82 Å². The molecule has 0 radical (unpaired) electrons. The van der Waals surface area contributed by atoms with Gasteiger partial charge in [0.2, 0.25) is 0 Å². The van der Waals surface area contributed by atoms with Gasteiger partial charge >= 0.3 is 5.97 Å². The zero-order valence-electron chi connectivity index (χ0n) is 12.3. The Bertz CT molecular complexity index is 760. The molecule has 0 saturated carbocycles. The van der Waals surface area contributed by atoms with Crippen LogP contribution in [-0.2, 0) is 5.41 Å². The van der Waals surface area contributed by atoms with E-state index >= 15 is 0 Å². The number of nitrogens with one attached hydrogen (secondary N) is 1. The Balaban J connectivity index is 2.77. The third kappa shape index (κ3) is 2.44. The molecule has 0 atom stereocenters. The summed E-state index contributed by atoms with van der Waals surface area (Å²) < 4.78 is 14.7. The Kier molecular flexibility index (Phi) is 3.85. The van der Waals surface area contributed by atoms with E-state index in [-0.39, 0.29) is 16.5 Å². The van der Waals surface area contributed by atoms with Gasteiger partial charge in [-0.2, -0.15) is 0 Å². The SMILES string of the molecule is CCC(C)(CC)c1ccc2cc(C(=O)O)c(=O)[nH]c2c1F. The Morgan fingerprint density at radius 2 is 1.95 bits per heavy atom. The minimum atomic E-state index is -1.32. The minimum Gasteiger partial charge on any atom is -0.477 e. The second-order valence-electron chi connectivity index (χ2n) is 5.48. The number of aromatic carboxylic acids is 1. The first-order valence-electron chi connectivity index (χ1n) is 6.93. The molecule has 2 rings (SSSR count). The molecule has 1 heterocycles. The normalized spacial score (nSPS) is 11.8. The summed E-state index contributed by atoms with van der Waals surface area (Å²) in [4.78, 5) is 25.0. The summed E-state index contributed by atoms with van der Waals surface area (Å²) in [7, 11) is 0. The van der Waals surface area contributed by atoms with E-state index in [1.165, 1.54) is 6.07 Å². The molecule has 4 nitrogen and oxygen atoms in total. The van der Waals surface area contributed by atoms with Crippen molar-refractivity contribution in [1.29, 1.82) is 0 Å². The van der Waals surface area contributed by atoms with Crippen molar-refractivity contribution < 1.29 is 14.3 Å². The number of aromatic nitrogens is 1. The molecule has 1 aromatic carbocycles. The predicted molar refractivity (Wildman–Crippen MR) is 79.4 cm³/mol. The quantitative estimate of drug-likeness (QED) is 0.906. The standard InChI is InChI=1S/C16H18FNO3/c1-4-16(3,5-2)11-7-6-9-8-10(15(20)21)14(19)18-13(9)12(11)17/h6-8H,4-5H2,1-3H3,(H,18,19)(H,20,21). The number of halogens is 1. The maximum Gasteiger partial charge on any atom is 0.341 e. The number of H-pyrrole nitrogens is 1. The average Bonchev–Trinajstić information content (AvgIpc) is 2.46. The molecule has 112 valence electrons. The van der Waals surface area contributed by atoms with E-state index in [9.17, 15) is 14.0 Å². The molecule has 21 heavy (non-hydrogen) atoms. The molecule has 0 bridgehead atoms. The van der Waals surface area contributed by atoms with E-state index < -0.39 is 17.3 Å². The van der Waals surface area contributed by atoms with Crippen LogP contribution in [0.2, 0.25) is 0 Å². The van der Waals surface area contributed by atoms with Crippen molar-refractivity contribution >= 4 is 16.9 Å². The summed E-state index contributed by atoms with van der Waals surface area (Å²) >= 11 is 0. The summed E-state index contributed by atoms with van der Waals surface area (Å²) in [5, 5.41) is 9.32. The van der Waals surface area contributed by atoms with Gasteiger partial charge in [-0.05, 0) is 29.9 Å². The third-order valence-corrected chi connectivity index (χ3v) is 4.40. The lowest BCUT2D eigenvalue weighted by molar-refractivity contribution is 0.0695. The van der Waals surface area contributed by atoms with E-state index in [0.29, 0.717) is 10.9 Å². The summed E-state index contributed by atoms with van der Waals surface area (Å²) in [5.41, 5.74) is -0.890. The van der Waals surface area contributed by atoms with Gasteiger partial charge in [0.1, 0.15) is 5.56 Å². The number of pyridine rings is 1. The van der Waals surface area contributed by atoms with Crippen molar-refractivity contribution in [3.8, 4) is 0 Å². The second kappa shape index (κ2) is 5.31. The fourth-order valence-corrected chi connectivity index (χ4v) is 2.50. The van der Waals surface area contributed by atoms with Gasteiger partial charge < -0.3 is 10.1 Å². The number of carboxylic acids is 1. The molecule has 0 aliphatic carbocycles. The first kappa shape index (κ1) is 15.2. The van der Waals surface area contributed by atoms with Gasteiger partial charge in [0, 0.05) is 5.39 Å². The number of rotatable bonds is 4. The highest BCUT2D eigenvalue weighted by molar-refractivity contribution is 5.92. The number of hydrogen-bond donors (Lipinski definition) is 2. The lowest BCUT2D eigenvalue weighted by Gasteiger charge is -2.28. The van der Waals surface area contributed by atoms with Crippen LogP contribution in [0.3, 0.4) is 0 Å². The van der Waals surface area contributed by atoms with Crippen LogP contribution in [0.4, 0.5) is 4.39 Å². The molecule has 0 amide bonds. The van der Waals surface area contributed by atoms with E-state index in [2.05, 4.69) is 4.98 Å². The van der Waals surface area contributed by atoms with Crippen LogP contribution >= 0.6 is 0 Å². The van der Waals surface area contributed by atoms with Crippen LogP contribution in [0.5, 0.6) is 0 Å². The Labute approximate surface area is 121 Å². The van der Waals surface area contributed by atoms with Crippen LogP contribution in [0.1, 0.15) is 49.5 Å². The molecule has 0 saturated heterocycles. The minimum absolute atomic E-state index is 0.0654. The van der Waals surface area contributed by atoms with Crippen molar-refractivity contribution in [3.05, 3.63) is 45.5 Å². The maximum atomic E-state index is 14.7. The van der Waals surface area contributed by atoms with Crippen LogP contribution in [0.15, 0.2) is 23.0 Å². The Morgan fingerprint density at radius 1 is 1.33 bits per heavy atom. The summed E-state index contributed by atoms with van der Waals surface area (Å²) in [6.07, 6.45) is 1.53. The summed E-state index contributed by atoms with van der Waals surface area (Å²) in [6.45, 7) is 5.95. The molecule has 0 unspecified atom stereocenters. The van der Waals surface area contributed by atoms with Crippen LogP contribution in [-0.4, -0.2) is 16.1 Å². The average molecular weight is 291 g/mol. The number of fused-ring (bicyclic) bond motifs is 1. The fraction of sp³-hybridized carbons (Fsp3) is 0.375. The van der Waals surface area contributed by atoms with Gasteiger partial charge in [0.05, 0.1) is 5.52 Å². The summed E-state index contributed by atoms with van der Waals surface area (Å²) in [6, 6.07) is 4.53. The largest absolute Gasteiger partial charge is 0.477 e. The molecular formula is C16H18FNO3. The Morgan fingerprint density at radius 3 is 2.48 bits per heavy atom.